The first-order valence-corrected chi connectivity index (χ1v) is 9.85. The van der Waals surface area contributed by atoms with Gasteiger partial charge in [0.15, 0.2) is 0 Å². The number of nitrogens with one attached hydrogen (secondary N) is 1. The molecule has 1 fully saturated rings. The third-order valence-corrected chi connectivity index (χ3v) is 5.52. The zero-order valence-corrected chi connectivity index (χ0v) is 16.8. The van der Waals surface area contributed by atoms with E-state index >= 15 is 0 Å². The summed E-state index contributed by atoms with van der Waals surface area (Å²) in [5, 5.41) is 3.86. The summed E-state index contributed by atoms with van der Waals surface area (Å²) in [6, 6.07) is 13.9. The van der Waals surface area contributed by atoms with Crippen molar-refractivity contribution in [3.8, 4) is 5.75 Å². The summed E-state index contributed by atoms with van der Waals surface area (Å²) < 4.78 is 5.35. The largest absolute Gasteiger partial charge is 0.496 e. The molecule has 5 heteroatoms. The number of likely N-dealkylation sites (tertiary alicyclic amines) is 1. The molecule has 2 aromatic carbocycles. The molecule has 3 rings (SSSR count). The Kier molecular flexibility index (Phi) is 6.75. The van der Waals surface area contributed by atoms with E-state index in [1.54, 1.807) is 7.11 Å². The second kappa shape index (κ2) is 9.25. The number of hydrogen-bond donors (Lipinski definition) is 1. The molecule has 1 N–H and O–H groups in total. The Morgan fingerprint density at radius 3 is 2.67 bits per heavy atom. The number of amides is 1. The first-order valence-electron chi connectivity index (χ1n) is 9.47. The highest BCUT2D eigenvalue weighted by Gasteiger charge is 2.25. The van der Waals surface area contributed by atoms with E-state index < -0.39 is 0 Å². The van der Waals surface area contributed by atoms with Gasteiger partial charge < -0.3 is 10.1 Å². The van der Waals surface area contributed by atoms with Crippen LogP contribution in [0.5, 0.6) is 5.75 Å². The Morgan fingerprint density at radius 2 is 1.96 bits per heavy atom. The van der Waals surface area contributed by atoms with Crippen molar-refractivity contribution >= 4 is 17.5 Å². The van der Waals surface area contributed by atoms with Gasteiger partial charge in [-0.1, -0.05) is 41.9 Å². The fourth-order valence-electron chi connectivity index (χ4n) is 3.67. The minimum atomic E-state index is 0.0113. The predicted molar refractivity (Wildman–Crippen MR) is 109 cm³/mol. The fraction of sp³-hybridized carbons (Fsp3) is 0.409. The van der Waals surface area contributed by atoms with Gasteiger partial charge in [-0.15, -0.1) is 0 Å². The van der Waals surface area contributed by atoms with E-state index in [0.717, 1.165) is 40.6 Å². The maximum absolute atomic E-state index is 12.5. The molecule has 0 spiro atoms. The summed E-state index contributed by atoms with van der Waals surface area (Å²) >= 11 is 6.44. The van der Waals surface area contributed by atoms with Crippen molar-refractivity contribution < 1.29 is 9.53 Å². The molecule has 0 radical (unpaired) electrons. The summed E-state index contributed by atoms with van der Waals surface area (Å²) in [7, 11) is 1.65. The van der Waals surface area contributed by atoms with E-state index in [4.69, 9.17) is 16.3 Å². The number of ether oxygens (including phenoxy) is 1. The van der Waals surface area contributed by atoms with Gasteiger partial charge >= 0.3 is 0 Å². The maximum atomic E-state index is 12.5. The smallest absolute Gasteiger partial charge is 0.224 e. The van der Waals surface area contributed by atoms with Gasteiger partial charge in [0, 0.05) is 11.6 Å². The van der Waals surface area contributed by atoms with Crippen molar-refractivity contribution in [3.63, 3.8) is 0 Å². The molecule has 1 aliphatic rings. The number of hydrogen-bond acceptors (Lipinski definition) is 3. The Morgan fingerprint density at radius 1 is 1.22 bits per heavy atom. The average molecular weight is 387 g/mol. The van der Waals surface area contributed by atoms with Gasteiger partial charge in [0.2, 0.25) is 5.91 Å². The molecular weight excluding hydrogens is 360 g/mol. The topological polar surface area (TPSA) is 41.6 Å². The lowest BCUT2D eigenvalue weighted by Crippen LogP contribution is -2.37. The molecule has 144 valence electrons. The molecule has 0 aliphatic carbocycles. The molecule has 0 aromatic heterocycles. The molecule has 0 bridgehead atoms. The standard InChI is InChI=1S/C22H27ClN2O2/c1-16-9-10-17(13-21(16)27-2)14-22(26)24-15-20(25-11-5-6-12-25)18-7-3-4-8-19(18)23/h3-4,7-10,13,20H,5-6,11-12,14-15H2,1-2H3,(H,24,26). The van der Waals surface area contributed by atoms with Crippen molar-refractivity contribution in [2.45, 2.75) is 32.2 Å². The quantitative estimate of drug-likeness (QED) is 0.777. The molecule has 1 aliphatic heterocycles. The molecule has 1 amide bonds. The predicted octanol–water partition coefficient (Wildman–Crippen LogP) is 4.15. The number of halogens is 1. The van der Waals surface area contributed by atoms with Crippen LogP contribution in [0.4, 0.5) is 0 Å². The first kappa shape index (κ1) is 19.7. The molecule has 1 heterocycles. The van der Waals surface area contributed by atoms with Crippen molar-refractivity contribution in [1.29, 1.82) is 0 Å². The number of methoxy groups -OCH3 is 1. The highest BCUT2D eigenvalue weighted by Crippen LogP contribution is 2.29. The number of aryl methyl sites for hydroxylation is 1. The Balaban J connectivity index is 1.66. The number of benzene rings is 2. The average Bonchev–Trinajstić information content (AvgIpc) is 3.19. The van der Waals surface area contributed by atoms with Crippen molar-refractivity contribution in [1.82, 2.24) is 10.2 Å². The Labute approximate surface area is 166 Å². The number of nitrogens with zero attached hydrogens (tertiary/aromatic N) is 1. The zero-order chi connectivity index (χ0) is 19.2. The second-order valence-electron chi connectivity index (χ2n) is 7.07. The van der Waals surface area contributed by atoms with Crippen LogP contribution in [0.15, 0.2) is 42.5 Å². The van der Waals surface area contributed by atoms with Crippen LogP contribution in [0, 0.1) is 6.92 Å². The second-order valence-corrected chi connectivity index (χ2v) is 7.47. The summed E-state index contributed by atoms with van der Waals surface area (Å²) in [6.45, 7) is 4.64. The first-order chi connectivity index (χ1) is 13.1. The number of rotatable bonds is 7. The fourth-order valence-corrected chi connectivity index (χ4v) is 3.93. The van der Waals surface area contributed by atoms with Crippen LogP contribution in [0.25, 0.3) is 0 Å². The Bertz CT molecular complexity index is 788. The molecule has 0 saturated carbocycles. The third-order valence-electron chi connectivity index (χ3n) is 5.18. The van der Waals surface area contributed by atoms with Gasteiger partial charge in [-0.3, -0.25) is 9.69 Å². The van der Waals surface area contributed by atoms with Crippen molar-refractivity contribution in [2.75, 3.05) is 26.7 Å². The zero-order valence-electron chi connectivity index (χ0n) is 16.0. The lowest BCUT2D eigenvalue weighted by molar-refractivity contribution is -0.120. The van der Waals surface area contributed by atoms with Gasteiger partial charge in [0.25, 0.3) is 0 Å². The number of carbonyl (C=O) groups is 1. The SMILES string of the molecule is COc1cc(CC(=O)NCC(c2ccccc2Cl)N2CCCC2)ccc1C. The molecular formula is C22H27ClN2O2. The van der Waals surface area contributed by atoms with E-state index in [-0.39, 0.29) is 11.9 Å². The molecule has 2 aromatic rings. The molecule has 1 saturated heterocycles. The van der Waals surface area contributed by atoms with Crippen LogP contribution >= 0.6 is 11.6 Å². The molecule has 27 heavy (non-hydrogen) atoms. The van der Waals surface area contributed by atoms with Crippen LogP contribution in [0.1, 0.15) is 35.6 Å². The van der Waals surface area contributed by atoms with Gasteiger partial charge in [-0.25, -0.2) is 0 Å². The Hall–Kier alpha value is -2.04. The maximum Gasteiger partial charge on any atom is 0.224 e. The lowest BCUT2D eigenvalue weighted by Gasteiger charge is -2.29. The normalized spacial score (nSPS) is 15.5. The van der Waals surface area contributed by atoms with E-state index in [0.29, 0.717) is 13.0 Å². The van der Waals surface area contributed by atoms with Gasteiger partial charge in [-0.05, 0) is 61.7 Å². The monoisotopic (exact) mass is 386 g/mol. The highest BCUT2D eigenvalue weighted by molar-refractivity contribution is 6.31. The third kappa shape index (κ3) is 5.02. The van der Waals surface area contributed by atoms with E-state index in [1.807, 2.05) is 43.3 Å². The summed E-state index contributed by atoms with van der Waals surface area (Å²) in [5.74, 6) is 0.823. The highest BCUT2D eigenvalue weighted by atomic mass is 35.5. The van der Waals surface area contributed by atoms with Gasteiger partial charge in [0.1, 0.15) is 5.75 Å². The van der Waals surface area contributed by atoms with Gasteiger partial charge in [0.05, 0.1) is 19.6 Å². The van der Waals surface area contributed by atoms with E-state index in [2.05, 4.69) is 16.3 Å². The molecule has 1 unspecified atom stereocenters. The summed E-state index contributed by atoms with van der Waals surface area (Å²) in [6.07, 6.45) is 2.72. The number of carbonyl (C=O) groups excluding carboxylic acids is 1. The van der Waals surface area contributed by atoms with Crippen molar-refractivity contribution in [2.24, 2.45) is 0 Å². The minimum Gasteiger partial charge on any atom is -0.496 e. The van der Waals surface area contributed by atoms with Crippen LogP contribution in [-0.4, -0.2) is 37.6 Å². The van der Waals surface area contributed by atoms with E-state index in [9.17, 15) is 4.79 Å². The summed E-state index contributed by atoms with van der Waals surface area (Å²) in [4.78, 5) is 14.9. The summed E-state index contributed by atoms with van der Waals surface area (Å²) in [5.41, 5.74) is 3.10. The molecule has 4 nitrogen and oxygen atoms in total. The van der Waals surface area contributed by atoms with Crippen LogP contribution in [0.3, 0.4) is 0 Å². The minimum absolute atomic E-state index is 0.0113. The van der Waals surface area contributed by atoms with Crippen LogP contribution < -0.4 is 10.1 Å². The van der Waals surface area contributed by atoms with Crippen molar-refractivity contribution in [3.05, 3.63) is 64.2 Å². The van der Waals surface area contributed by atoms with Gasteiger partial charge in [-0.2, -0.15) is 0 Å². The van der Waals surface area contributed by atoms with Crippen LogP contribution in [-0.2, 0) is 11.2 Å². The lowest BCUT2D eigenvalue weighted by atomic mass is 10.0. The van der Waals surface area contributed by atoms with Crippen LogP contribution in [0.2, 0.25) is 5.02 Å². The molecule has 1 atom stereocenters. The van der Waals surface area contributed by atoms with E-state index in [1.165, 1.54) is 12.8 Å².